The number of esters is 1. The van der Waals surface area contributed by atoms with Gasteiger partial charge in [-0.25, -0.2) is 17.9 Å². The maximum absolute atomic E-state index is 11.9. The number of nitrogens with one attached hydrogen (secondary N) is 1. The monoisotopic (exact) mass is 374 g/mol. The van der Waals surface area contributed by atoms with Crippen LogP contribution in [0.5, 0.6) is 0 Å². The lowest BCUT2D eigenvalue weighted by atomic mass is 10.2. The highest BCUT2D eigenvalue weighted by molar-refractivity contribution is 7.89. The van der Waals surface area contributed by atoms with E-state index < -0.39 is 28.4 Å². The van der Waals surface area contributed by atoms with Crippen LogP contribution in [0.2, 0.25) is 0 Å². The van der Waals surface area contributed by atoms with E-state index in [9.17, 15) is 18.0 Å². The third-order valence-electron chi connectivity index (χ3n) is 3.26. The summed E-state index contributed by atoms with van der Waals surface area (Å²) in [5.41, 5.74) is 6.11. The van der Waals surface area contributed by atoms with E-state index in [4.69, 9.17) is 10.5 Å². The molecule has 2 aromatic rings. The highest BCUT2D eigenvalue weighted by Crippen LogP contribution is 2.11. The van der Waals surface area contributed by atoms with E-state index in [0.29, 0.717) is 0 Å². The number of benzene rings is 2. The molecule has 8 heteroatoms. The van der Waals surface area contributed by atoms with Crippen LogP contribution in [-0.2, 0) is 19.6 Å². The van der Waals surface area contributed by atoms with Crippen LogP contribution in [0, 0.1) is 0 Å². The molecule has 0 aliphatic carbocycles. The summed E-state index contributed by atoms with van der Waals surface area (Å²) >= 11 is 0. The van der Waals surface area contributed by atoms with Gasteiger partial charge in [-0.05, 0) is 35.9 Å². The zero-order chi connectivity index (χ0) is 19.0. The summed E-state index contributed by atoms with van der Waals surface area (Å²) in [4.78, 5) is 22.5. The Balaban J connectivity index is 1.92. The molecule has 0 atom stereocenters. The summed E-state index contributed by atoms with van der Waals surface area (Å²) < 4.78 is 31.0. The van der Waals surface area contributed by atoms with Crippen LogP contribution < -0.4 is 10.5 Å². The van der Waals surface area contributed by atoms with Gasteiger partial charge in [0.25, 0.3) is 0 Å². The van der Waals surface area contributed by atoms with Crippen LogP contribution in [0.15, 0.2) is 65.6 Å². The first kappa shape index (κ1) is 19.4. The Labute approximate surface area is 151 Å². The van der Waals surface area contributed by atoms with E-state index in [2.05, 4.69) is 4.72 Å². The SMILES string of the molecule is NC(=O)CNS(=O)(=O)c1ccc(C(=O)OC/C=C/c2ccccc2)cc1. The molecule has 0 spiro atoms. The summed E-state index contributed by atoms with van der Waals surface area (Å²) in [7, 11) is -3.86. The number of sulfonamides is 1. The third kappa shape index (κ3) is 5.83. The van der Waals surface area contributed by atoms with Crippen LogP contribution in [-0.4, -0.2) is 33.4 Å². The van der Waals surface area contributed by atoms with Crippen LogP contribution in [0.3, 0.4) is 0 Å². The number of carbonyl (C=O) groups excluding carboxylic acids is 2. The lowest BCUT2D eigenvalue weighted by molar-refractivity contribution is -0.116. The van der Waals surface area contributed by atoms with Gasteiger partial charge in [0.2, 0.25) is 15.9 Å². The maximum Gasteiger partial charge on any atom is 0.338 e. The summed E-state index contributed by atoms with van der Waals surface area (Å²) in [5, 5.41) is 0. The van der Waals surface area contributed by atoms with Gasteiger partial charge in [-0.3, -0.25) is 4.79 Å². The highest BCUT2D eigenvalue weighted by atomic mass is 32.2. The molecule has 0 aromatic heterocycles. The normalized spacial score (nSPS) is 11.4. The average Bonchev–Trinajstić information content (AvgIpc) is 2.64. The fourth-order valence-electron chi connectivity index (χ4n) is 1.98. The largest absolute Gasteiger partial charge is 0.458 e. The van der Waals surface area contributed by atoms with Crippen molar-refractivity contribution in [2.24, 2.45) is 5.73 Å². The first-order chi connectivity index (χ1) is 12.4. The minimum absolute atomic E-state index is 0.0840. The molecule has 136 valence electrons. The van der Waals surface area contributed by atoms with E-state index in [1.54, 1.807) is 6.08 Å². The number of primary amides is 1. The van der Waals surface area contributed by atoms with E-state index in [1.165, 1.54) is 24.3 Å². The van der Waals surface area contributed by atoms with Gasteiger partial charge in [-0.15, -0.1) is 0 Å². The molecule has 2 rings (SSSR count). The van der Waals surface area contributed by atoms with E-state index in [-0.39, 0.29) is 17.1 Å². The summed E-state index contributed by atoms with van der Waals surface area (Å²) in [6.07, 6.45) is 3.53. The minimum Gasteiger partial charge on any atom is -0.458 e. The number of nitrogens with two attached hydrogens (primary N) is 1. The zero-order valence-corrected chi connectivity index (χ0v) is 14.6. The molecule has 1 amide bonds. The second kappa shape index (κ2) is 8.93. The molecule has 3 N–H and O–H groups in total. The summed E-state index contributed by atoms with van der Waals surface area (Å²) in [5.74, 6) is -1.37. The highest BCUT2D eigenvalue weighted by Gasteiger charge is 2.15. The fraction of sp³-hybridized carbons (Fsp3) is 0.111. The van der Waals surface area contributed by atoms with Crippen molar-refractivity contribution in [1.29, 1.82) is 0 Å². The van der Waals surface area contributed by atoms with Gasteiger partial charge in [0.05, 0.1) is 17.0 Å². The zero-order valence-electron chi connectivity index (χ0n) is 13.8. The molecule has 0 aliphatic heterocycles. The van der Waals surface area contributed by atoms with Gasteiger partial charge in [-0.2, -0.15) is 0 Å². The van der Waals surface area contributed by atoms with E-state index in [1.807, 2.05) is 36.4 Å². The number of ether oxygens (including phenoxy) is 1. The Morgan fingerprint density at radius 3 is 2.31 bits per heavy atom. The van der Waals surface area contributed by atoms with Gasteiger partial charge >= 0.3 is 5.97 Å². The van der Waals surface area contributed by atoms with Crippen molar-refractivity contribution >= 4 is 28.0 Å². The van der Waals surface area contributed by atoms with Crippen LogP contribution in [0.4, 0.5) is 0 Å². The quantitative estimate of drug-likeness (QED) is 0.676. The number of carbonyl (C=O) groups is 2. The molecule has 0 unspecified atom stereocenters. The second-order valence-electron chi connectivity index (χ2n) is 5.23. The number of amides is 1. The van der Waals surface area contributed by atoms with E-state index >= 15 is 0 Å². The second-order valence-corrected chi connectivity index (χ2v) is 6.99. The average molecular weight is 374 g/mol. The molecule has 26 heavy (non-hydrogen) atoms. The summed E-state index contributed by atoms with van der Waals surface area (Å²) in [6.45, 7) is -0.409. The molecule has 0 heterocycles. The smallest absolute Gasteiger partial charge is 0.338 e. The molecular weight excluding hydrogens is 356 g/mol. The molecule has 0 saturated heterocycles. The van der Waals surface area contributed by atoms with Gasteiger partial charge in [-0.1, -0.05) is 36.4 Å². The minimum atomic E-state index is -3.86. The topological polar surface area (TPSA) is 116 Å². The Kier molecular flexibility index (Phi) is 6.65. The molecule has 7 nitrogen and oxygen atoms in total. The Bertz CT molecular complexity index is 891. The summed E-state index contributed by atoms with van der Waals surface area (Å²) in [6, 6.07) is 14.7. The first-order valence-corrected chi connectivity index (χ1v) is 9.13. The predicted molar refractivity (Wildman–Crippen MR) is 96.6 cm³/mol. The van der Waals surface area contributed by atoms with Crippen molar-refractivity contribution in [3.05, 3.63) is 71.8 Å². The third-order valence-corrected chi connectivity index (χ3v) is 4.67. The fourth-order valence-corrected chi connectivity index (χ4v) is 2.97. The Morgan fingerprint density at radius 2 is 1.69 bits per heavy atom. The van der Waals surface area contributed by atoms with Crippen molar-refractivity contribution < 1.29 is 22.7 Å². The van der Waals surface area contributed by atoms with E-state index in [0.717, 1.165) is 5.56 Å². The first-order valence-electron chi connectivity index (χ1n) is 7.65. The van der Waals surface area contributed by atoms with Crippen molar-refractivity contribution in [2.75, 3.05) is 13.2 Å². The van der Waals surface area contributed by atoms with Crippen molar-refractivity contribution in [3.8, 4) is 0 Å². The Hall–Kier alpha value is -2.97. The van der Waals surface area contributed by atoms with Gasteiger partial charge in [0, 0.05) is 0 Å². The lowest BCUT2D eigenvalue weighted by Gasteiger charge is -2.06. The van der Waals surface area contributed by atoms with Crippen LogP contribution in [0.1, 0.15) is 15.9 Å². The van der Waals surface area contributed by atoms with Crippen molar-refractivity contribution in [3.63, 3.8) is 0 Å². The molecule has 2 aromatic carbocycles. The molecule has 0 bridgehead atoms. The molecule has 0 saturated carbocycles. The maximum atomic E-state index is 11.9. The van der Waals surface area contributed by atoms with Gasteiger partial charge in [0.15, 0.2) is 0 Å². The number of hydrogen-bond acceptors (Lipinski definition) is 5. The lowest BCUT2D eigenvalue weighted by Crippen LogP contribution is -2.33. The van der Waals surface area contributed by atoms with Crippen molar-refractivity contribution in [2.45, 2.75) is 4.90 Å². The van der Waals surface area contributed by atoms with Crippen LogP contribution in [0.25, 0.3) is 6.08 Å². The van der Waals surface area contributed by atoms with Crippen LogP contribution >= 0.6 is 0 Å². The predicted octanol–water partition coefficient (Wildman–Crippen LogP) is 1.32. The molecule has 0 aliphatic rings. The standard InChI is InChI=1S/C18H18N2O5S/c19-17(21)13-20-26(23,24)16-10-8-15(9-11-16)18(22)25-12-4-7-14-5-2-1-3-6-14/h1-11,20H,12-13H2,(H2,19,21)/b7-4+. The molecular formula is C18H18N2O5S. The van der Waals surface area contributed by atoms with Crippen molar-refractivity contribution in [1.82, 2.24) is 4.72 Å². The van der Waals surface area contributed by atoms with Gasteiger partial charge < -0.3 is 10.5 Å². The van der Waals surface area contributed by atoms with Gasteiger partial charge in [0.1, 0.15) is 6.61 Å². The molecule has 0 fully saturated rings. The Morgan fingerprint density at radius 1 is 1.04 bits per heavy atom. The molecule has 0 radical (unpaired) electrons. The number of hydrogen-bond donors (Lipinski definition) is 2. The number of rotatable bonds is 8.